The molecule has 2 rings (SSSR count). The second kappa shape index (κ2) is 7.50. The molecule has 1 aromatic heterocycles. The topological polar surface area (TPSA) is 59.2 Å². The Hall–Kier alpha value is -2.64. The van der Waals surface area contributed by atoms with Crippen molar-refractivity contribution < 1.29 is 22.5 Å². The van der Waals surface area contributed by atoms with Gasteiger partial charge >= 0.3 is 12.1 Å². The molecule has 1 amide bonds. The number of benzene rings is 1. The van der Waals surface area contributed by atoms with Crippen LogP contribution < -0.4 is 0 Å². The van der Waals surface area contributed by atoms with E-state index in [1.807, 2.05) is 13.8 Å². The Kier molecular flexibility index (Phi) is 5.61. The fraction of sp³-hybridized carbons (Fsp3) is 0.353. The van der Waals surface area contributed by atoms with Gasteiger partial charge in [0.25, 0.3) is 0 Å². The number of hydrogen-bond donors (Lipinski definition) is 0. The van der Waals surface area contributed by atoms with Crippen LogP contribution in [0.3, 0.4) is 0 Å². The average Bonchev–Trinajstić information content (AvgIpc) is 3.09. The summed E-state index contributed by atoms with van der Waals surface area (Å²) in [5, 5.41) is 3.34. The van der Waals surface area contributed by atoms with Crippen molar-refractivity contribution >= 4 is 5.91 Å². The van der Waals surface area contributed by atoms with Crippen LogP contribution in [0, 0.1) is 0 Å². The van der Waals surface area contributed by atoms with Gasteiger partial charge in [-0.15, -0.1) is 0 Å². The summed E-state index contributed by atoms with van der Waals surface area (Å²) in [4.78, 5) is 17.0. The van der Waals surface area contributed by atoms with Crippen LogP contribution in [0.1, 0.15) is 31.7 Å². The molecule has 1 aromatic carbocycles. The van der Waals surface area contributed by atoms with Crippen LogP contribution in [0.2, 0.25) is 0 Å². The Bertz CT molecular complexity index is 738. The second-order valence-electron chi connectivity index (χ2n) is 5.55. The number of carbonyl (C=O) groups excluding carboxylic acids is 1. The molecule has 0 saturated carbocycles. The quantitative estimate of drug-likeness (QED) is 0.735. The molecule has 0 spiro atoms. The molecule has 1 atom stereocenters. The van der Waals surface area contributed by atoms with Crippen molar-refractivity contribution in [2.45, 2.75) is 39.0 Å². The van der Waals surface area contributed by atoms with Crippen molar-refractivity contribution in [3.05, 3.63) is 48.4 Å². The summed E-state index contributed by atoms with van der Waals surface area (Å²) in [6.07, 6.45) is -2.62. The maximum Gasteiger partial charge on any atom is 0.471 e. The summed E-state index contributed by atoms with van der Waals surface area (Å²) >= 11 is 0. The highest BCUT2D eigenvalue weighted by Gasteiger charge is 2.38. The maximum absolute atomic E-state index is 12.5. The van der Waals surface area contributed by atoms with Crippen molar-refractivity contribution in [2.75, 3.05) is 0 Å². The summed E-state index contributed by atoms with van der Waals surface area (Å²) in [6, 6.07) is 6.65. The number of carbonyl (C=O) groups is 1. The molecule has 0 saturated heterocycles. The number of nitrogens with zero attached hydrogens (tertiary/aromatic N) is 3. The van der Waals surface area contributed by atoms with Crippen LogP contribution in [0.25, 0.3) is 11.4 Å². The summed E-state index contributed by atoms with van der Waals surface area (Å²) in [6.45, 7) is 7.80. The molecule has 0 bridgehead atoms. The zero-order valence-electron chi connectivity index (χ0n) is 13.9. The van der Waals surface area contributed by atoms with Crippen LogP contribution >= 0.6 is 0 Å². The van der Waals surface area contributed by atoms with Crippen LogP contribution in [0.15, 0.2) is 41.4 Å². The predicted octanol–water partition coefficient (Wildman–Crippen LogP) is 4.07. The SMILES string of the molecule is C=CC(=O)N(Cc1ccc(-c2noc(C(F)(F)F)n2)cc1)C(C)CC. The summed E-state index contributed by atoms with van der Waals surface area (Å²) < 4.78 is 41.7. The number of hydrogen-bond acceptors (Lipinski definition) is 4. The predicted molar refractivity (Wildman–Crippen MR) is 85.2 cm³/mol. The van der Waals surface area contributed by atoms with Crippen LogP contribution in [0.5, 0.6) is 0 Å². The largest absolute Gasteiger partial charge is 0.471 e. The lowest BCUT2D eigenvalue weighted by Crippen LogP contribution is -2.36. The standard InChI is InChI=1S/C17H18F3N3O2/c1-4-11(3)23(14(24)5-2)10-12-6-8-13(9-7-12)15-21-16(25-22-15)17(18,19)20/h5-9,11H,2,4,10H2,1,3H3. The van der Waals surface area contributed by atoms with Gasteiger partial charge in [-0.1, -0.05) is 42.9 Å². The molecule has 1 unspecified atom stereocenters. The monoisotopic (exact) mass is 353 g/mol. The Morgan fingerprint density at radius 1 is 1.36 bits per heavy atom. The fourth-order valence-electron chi connectivity index (χ4n) is 2.20. The number of rotatable bonds is 6. The fourth-order valence-corrected chi connectivity index (χ4v) is 2.20. The average molecular weight is 353 g/mol. The second-order valence-corrected chi connectivity index (χ2v) is 5.55. The number of alkyl halides is 3. The first kappa shape index (κ1) is 18.7. The van der Waals surface area contributed by atoms with Crippen LogP contribution in [0.4, 0.5) is 13.2 Å². The van der Waals surface area contributed by atoms with E-state index < -0.39 is 12.1 Å². The molecule has 25 heavy (non-hydrogen) atoms. The van der Waals surface area contributed by atoms with E-state index in [1.54, 1.807) is 29.2 Å². The molecule has 8 heteroatoms. The molecular weight excluding hydrogens is 335 g/mol. The first-order valence-corrected chi connectivity index (χ1v) is 7.69. The minimum absolute atomic E-state index is 0.0386. The van der Waals surface area contributed by atoms with E-state index in [9.17, 15) is 18.0 Å². The highest BCUT2D eigenvalue weighted by Crippen LogP contribution is 2.29. The lowest BCUT2D eigenvalue weighted by atomic mass is 10.1. The van der Waals surface area contributed by atoms with Gasteiger partial charge in [0, 0.05) is 18.2 Å². The minimum Gasteiger partial charge on any atom is -0.332 e. The normalized spacial score (nSPS) is 12.7. The molecular formula is C17H18F3N3O2. The number of amides is 1. The number of aromatic nitrogens is 2. The van der Waals surface area contributed by atoms with Crippen LogP contribution in [-0.4, -0.2) is 27.0 Å². The zero-order chi connectivity index (χ0) is 18.6. The number of halogens is 3. The van der Waals surface area contributed by atoms with Gasteiger partial charge in [-0.25, -0.2) is 0 Å². The van der Waals surface area contributed by atoms with Gasteiger partial charge in [0.05, 0.1) is 0 Å². The molecule has 134 valence electrons. The van der Waals surface area contributed by atoms with Gasteiger partial charge in [0.15, 0.2) is 0 Å². The van der Waals surface area contributed by atoms with Crippen LogP contribution in [-0.2, 0) is 17.5 Å². The summed E-state index contributed by atoms with van der Waals surface area (Å²) in [7, 11) is 0. The smallest absolute Gasteiger partial charge is 0.332 e. The van der Waals surface area contributed by atoms with Gasteiger partial charge in [-0.3, -0.25) is 4.79 Å². The van der Waals surface area contributed by atoms with Crippen molar-refractivity contribution in [2.24, 2.45) is 0 Å². The lowest BCUT2D eigenvalue weighted by Gasteiger charge is -2.27. The third-order valence-electron chi connectivity index (χ3n) is 3.81. The first-order chi connectivity index (χ1) is 11.8. The van der Waals surface area contributed by atoms with Gasteiger partial charge in [0.2, 0.25) is 11.7 Å². The van der Waals surface area contributed by atoms with Gasteiger partial charge < -0.3 is 9.42 Å². The molecule has 0 N–H and O–H groups in total. The van der Waals surface area contributed by atoms with Gasteiger partial charge in [-0.2, -0.15) is 18.2 Å². The molecule has 0 aliphatic heterocycles. The Labute approximate surface area is 143 Å². The first-order valence-electron chi connectivity index (χ1n) is 7.69. The highest BCUT2D eigenvalue weighted by atomic mass is 19.4. The highest BCUT2D eigenvalue weighted by molar-refractivity contribution is 5.87. The Morgan fingerprint density at radius 2 is 2.00 bits per heavy atom. The lowest BCUT2D eigenvalue weighted by molar-refractivity contribution is -0.159. The van der Waals surface area contributed by atoms with E-state index in [4.69, 9.17) is 0 Å². The van der Waals surface area contributed by atoms with Crippen molar-refractivity contribution in [3.8, 4) is 11.4 Å². The third kappa shape index (κ3) is 4.46. The Balaban J connectivity index is 2.17. The van der Waals surface area contributed by atoms with Crippen molar-refractivity contribution in [1.29, 1.82) is 0 Å². The molecule has 5 nitrogen and oxygen atoms in total. The molecule has 0 fully saturated rings. The van der Waals surface area contributed by atoms with Crippen molar-refractivity contribution in [1.82, 2.24) is 15.0 Å². The molecule has 0 aliphatic carbocycles. The molecule has 1 heterocycles. The molecule has 0 radical (unpaired) electrons. The van der Waals surface area contributed by atoms with E-state index >= 15 is 0 Å². The van der Waals surface area contributed by atoms with Crippen molar-refractivity contribution in [3.63, 3.8) is 0 Å². The third-order valence-corrected chi connectivity index (χ3v) is 3.81. The molecule has 2 aromatic rings. The van der Waals surface area contributed by atoms with E-state index in [0.29, 0.717) is 12.1 Å². The maximum atomic E-state index is 12.5. The summed E-state index contributed by atoms with van der Waals surface area (Å²) in [5.41, 5.74) is 1.23. The van der Waals surface area contributed by atoms with E-state index in [-0.39, 0.29) is 17.8 Å². The van der Waals surface area contributed by atoms with Gasteiger partial charge in [0.1, 0.15) is 0 Å². The van der Waals surface area contributed by atoms with Gasteiger partial charge in [-0.05, 0) is 25.0 Å². The zero-order valence-corrected chi connectivity index (χ0v) is 13.9. The van der Waals surface area contributed by atoms with E-state index in [1.165, 1.54) is 6.08 Å². The molecule has 0 aliphatic rings. The van der Waals surface area contributed by atoms with E-state index in [2.05, 4.69) is 21.2 Å². The van der Waals surface area contributed by atoms with E-state index in [0.717, 1.165) is 12.0 Å². The minimum atomic E-state index is -4.67. The Morgan fingerprint density at radius 3 is 2.48 bits per heavy atom. The summed E-state index contributed by atoms with van der Waals surface area (Å²) in [5.74, 6) is -1.70.